The molecule has 0 saturated carbocycles. The maximum Gasteiger partial charge on any atom is 0.0137 e. The van der Waals surface area contributed by atoms with Gasteiger partial charge in [0.2, 0.25) is 0 Å². The minimum atomic E-state index is -0.162. The quantitative estimate of drug-likeness (QED) is 0.639. The minimum Gasteiger partial charge on any atom is -0.325 e. The van der Waals surface area contributed by atoms with E-state index in [-0.39, 0.29) is 5.54 Å². The summed E-state index contributed by atoms with van der Waals surface area (Å²) in [6.45, 7) is 17.4. The van der Waals surface area contributed by atoms with E-state index in [1.165, 1.54) is 17.6 Å². The molecule has 0 aromatic heterocycles. The molecule has 0 heterocycles. The Kier molecular flexibility index (Phi) is 6.77. The van der Waals surface area contributed by atoms with Crippen LogP contribution < -0.4 is 5.73 Å². The van der Waals surface area contributed by atoms with E-state index in [1.807, 2.05) is 0 Å². The van der Waals surface area contributed by atoms with Crippen molar-refractivity contribution in [3.8, 4) is 0 Å². The lowest BCUT2D eigenvalue weighted by Crippen LogP contribution is -2.32. The number of nitrogens with two attached hydrogens (primary N) is 1. The van der Waals surface area contributed by atoms with Gasteiger partial charge in [-0.05, 0) is 44.1 Å². The molecule has 0 aromatic rings. The van der Waals surface area contributed by atoms with Gasteiger partial charge in [0, 0.05) is 5.54 Å². The van der Waals surface area contributed by atoms with E-state index in [4.69, 9.17) is 5.73 Å². The minimum absolute atomic E-state index is 0.162. The van der Waals surface area contributed by atoms with E-state index in [0.717, 1.165) is 18.8 Å². The van der Waals surface area contributed by atoms with Gasteiger partial charge in [0.1, 0.15) is 0 Å². The first-order valence-corrected chi connectivity index (χ1v) is 6.89. The Morgan fingerprint density at radius 3 is 2.18 bits per heavy atom. The predicted octanol–water partition coefficient (Wildman–Crippen LogP) is 4.69. The van der Waals surface area contributed by atoms with Crippen LogP contribution in [0, 0.1) is 11.8 Å². The zero-order chi connectivity index (χ0) is 13.6. The highest BCUT2D eigenvalue weighted by Gasteiger charge is 2.15. The molecule has 2 atom stereocenters. The summed E-state index contributed by atoms with van der Waals surface area (Å²) < 4.78 is 0. The van der Waals surface area contributed by atoms with Crippen LogP contribution in [0.15, 0.2) is 23.8 Å². The van der Waals surface area contributed by atoms with Crippen molar-refractivity contribution in [2.75, 3.05) is 0 Å². The first kappa shape index (κ1) is 16.4. The van der Waals surface area contributed by atoms with Crippen molar-refractivity contribution in [1.29, 1.82) is 0 Å². The average molecular weight is 237 g/mol. The largest absolute Gasteiger partial charge is 0.325 e. The summed E-state index contributed by atoms with van der Waals surface area (Å²) in [7, 11) is 0. The van der Waals surface area contributed by atoms with Crippen molar-refractivity contribution in [2.24, 2.45) is 17.6 Å². The second-order valence-electron chi connectivity index (χ2n) is 6.06. The van der Waals surface area contributed by atoms with Gasteiger partial charge in [-0.3, -0.25) is 0 Å². The topological polar surface area (TPSA) is 26.0 Å². The van der Waals surface area contributed by atoms with Crippen LogP contribution in [0.5, 0.6) is 0 Å². The summed E-state index contributed by atoms with van der Waals surface area (Å²) in [5, 5.41) is 0. The van der Waals surface area contributed by atoms with E-state index in [1.54, 1.807) is 0 Å². The van der Waals surface area contributed by atoms with Gasteiger partial charge < -0.3 is 5.73 Å². The Hall–Kier alpha value is -0.560. The molecule has 0 aliphatic rings. The van der Waals surface area contributed by atoms with Crippen molar-refractivity contribution in [1.82, 2.24) is 0 Å². The van der Waals surface area contributed by atoms with Crippen LogP contribution in [-0.4, -0.2) is 5.54 Å². The number of hydrogen-bond donors (Lipinski definition) is 1. The Balaban J connectivity index is 4.72. The summed E-state index contributed by atoms with van der Waals surface area (Å²) in [5.74, 6) is 1.35. The van der Waals surface area contributed by atoms with Crippen LogP contribution in [0.3, 0.4) is 0 Å². The smallest absolute Gasteiger partial charge is 0.0137 e. The molecule has 0 bridgehead atoms. The van der Waals surface area contributed by atoms with Crippen molar-refractivity contribution in [3.63, 3.8) is 0 Å². The highest BCUT2D eigenvalue weighted by atomic mass is 14.7. The Morgan fingerprint density at radius 2 is 1.82 bits per heavy atom. The van der Waals surface area contributed by atoms with Gasteiger partial charge in [-0.25, -0.2) is 0 Å². The van der Waals surface area contributed by atoms with Crippen molar-refractivity contribution in [2.45, 2.75) is 66.3 Å². The molecule has 2 N–H and O–H groups in total. The molecular formula is C16H31N. The van der Waals surface area contributed by atoms with E-state index in [9.17, 15) is 0 Å². The van der Waals surface area contributed by atoms with E-state index >= 15 is 0 Å². The molecule has 0 aliphatic heterocycles. The first-order chi connectivity index (χ1) is 7.71. The molecule has 0 rings (SSSR count). The zero-order valence-electron chi connectivity index (χ0n) is 12.6. The molecule has 0 radical (unpaired) electrons. The molecule has 0 spiro atoms. The molecule has 100 valence electrons. The number of rotatable bonds is 7. The van der Waals surface area contributed by atoms with Gasteiger partial charge in [-0.2, -0.15) is 0 Å². The maximum atomic E-state index is 6.06. The van der Waals surface area contributed by atoms with E-state index in [2.05, 4.69) is 54.2 Å². The second kappa shape index (κ2) is 7.00. The second-order valence-corrected chi connectivity index (χ2v) is 6.06. The van der Waals surface area contributed by atoms with Crippen LogP contribution in [0.4, 0.5) is 0 Å². The molecule has 0 saturated heterocycles. The predicted molar refractivity (Wildman–Crippen MR) is 79.0 cm³/mol. The SMILES string of the molecule is C=C(CC(C)(C)N)/C(=C\C(C)C(C)CC)CC. The summed E-state index contributed by atoms with van der Waals surface area (Å²) in [6.07, 6.45) is 5.54. The fourth-order valence-corrected chi connectivity index (χ4v) is 2.00. The lowest BCUT2D eigenvalue weighted by Gasteiger charge is -2.23. The van der Waals surface area contributed by atoms with E-state index < -0.39 is 0 Å². The monoisotopic (exact) mass is 237 g/mol. The number of allylic oxidation sites excluding steroid dienone is 2. The van der Waals surface area contributed by atoms with Crippen LogP contribution in [0.1, 0.15) is 60.8 Å². The van der Waals surface area contributed by atoms with Crippen molar-refractivity contribution < 1.29 is 0 Å². The lowest BCUT2D eigenvalue weighted by molar-refractivity contribution is 0.443. The molecule has 0 aliphatic carbocycles. The fourth-order valence-electron chi connectivity index (χ4n) is 2.00. The first-order valence-electron chi connectivity index (χ1n) is 6.89. The lowest BCUT2D eigenvalue weighted by atomic mass is 9.86. The normalized spacial score (nSPS) is 16.8. The Bertz CT molecular complexity index is 268. The summed E-state index contributed by atoms with van der Waals surface area (Å²) in [6, 6.07) is 0. The maximum absolute atomic E-state index is 6.06. The highest BCUT2D eigenvalue weighted by Crippen LogP contribution is 2.25. The van der Waals surface area contributed by atoms with E-state index in [0.29, 0.717) is 5.92 Å². The summed E-state index contributed by atoms with van der Waals surface area (Å²) in [4.78, 5) is 0. The Labute approximate surface area is 108 Å². The third-order valence-electron chi connectivity index (χ3n) is 3.51. The molecule has 1 nitrogen and oxygen atoms in total. The van der Waals surface area contributed by atoms with Gasteiger partial charge in [-0.1, -0.05) is 52.3 Å². The fraction of sp³-hybridized carbons (Fsp3) is 0.750. The van der Waals surface area contributed by atoms with Crippen molar-refractivity contribution >= 4 is 0 Å². The standard InChI is InChI=1S/C16H31N/c1-8-12(3)13(4)10-15(9-2)14(5)11-16(6,7)17/h10,12-13H,5,8-9,11,17H2,1-4,6-7H3/b15-10-. The van der Waals surface area contributed by atoms with Crippen molar-refractivity contribution in [3.05, 3.63) is 23.8 Å². The average Bonchev–Trinajstić information content (AvgIpc) is 2.21. The zero-order valence-corrected chi connectivity index (χ0v) is 12.6. The summed E-state index contributed by atoms with van der Waals surface area (Å²) in [5.41, 5.74) is 8.49. The molecular weight excluding hydrogens is 206 g/mol. The van der Waals surface area contributed by atoms with Crippen LogP contribution in [-0.2, 0) is 0 Å². The molecule has 17 heavy (non-hydrogen) atoms. The molecule has 2 unspecified atom stereocenters. The molecule has 0 amide bonds. The van der Waals surface area contributed by atoms with Crippen LogP contribution in [0.25, 0.3) is 0 Å². The third-order valence-corrected chi connectivity index (χ3v) is 3.51. The summed E-state index contributed by atoms with van der Waals surface area (Å²) >= 11 is 0. The highest BCUT2D eigenvalue weighted by molar-refractivity contribution is 5.30. The number of hydrogen-bond acceptors (Lipinski definition) is 1. The molecule has 0 aromatic carbocycles. The Morgan fingerprint density at radius 1 is 1.29 bits per heavy atom. The van der Waals surface area contributed by atoms with Gasteiger partial charge in [0.15, 0.2) is 0 Å². The third kappa shape index (κ3) is 6.68. The van der Waals surface area contributed by atoms with Gasteiger partial charge in [-0.15, -0.1) is 0 Å². The molecule has 1 heteroatoms. The van der Waals surface area contributed by atoms with Gasteiger partial charge in [0.25, 0.3) is 0 Å². The molecule has 0 fully saturated rings. The van der Waals surface area contributed by atoms with Crippen LogP contribution in [0.2, 0.25) is 0 Å². The van der Waals surface area contributed by atoms with Gasteiger partial charge >= 0.3 is 0 Å². The van der Waals surface area contributed by atoms with Gasteiger partial charge in [0.05, 0.1) is 0 Å². The van der Waals surface area contributed by atoms with Crippen LogP contribution >= 0.6 is 0 Å².